The third-order valence-corrected chi connectivity index (χ3v) is 2.93. The Labute approximate surface area is 112 Å². The number of carbonyl (C=O) groups excluding carboxylic acids is 1. The van der Waals surface area contributed by atoms with Gasteiger partial charge in [-0.25, -0.2) is 9.52 Å². The van der Waals surface area contributed by atoms with Gasteiger partial charge in [0, 0.05) is 0 Å². The summed E-state index contributed by atoms with van der Waals surface area (Å²) in [5.41, 5.74) is -0.859. The normalized spacial score (nSPS) is 14.0. The lowest BCUT2D eigenvalue weighted by Crippen LogP contribution is -2.53. The lowest BCUT2D eigenvalue weighted by molar-refractivity contribution is -0.141. The second kappa shape index (κ2) is 6.20. The first-order valence-corrected chi connectivity index (χ1v) is 7.07. The number of carboxylic acid groups (broad SMARTS) is 1. The topological polar surface area (TPSA) is 122 Å². The molecule has 0 radical (unpaired) electrons. The molecule has 0 saturated carbocycles. The fourth-order valence-electron chi connectivity index (χ4n) is 1.13. The highest BCUT2D eigenvalue weighted by molar-refractivity contribution is 7.88. The van der Waals surface area contributed by atoms with E-state index in [-0.39, 0.29) is 0 Å². The quantitative estimate of drug-likeness (QED) is 0.677. The van der Waals surface area contributed by atoms with Crippen LogP contribution in [0.1, 0.15) is 34.6 Å². The summed E-state index contributed by atoms with van der Waals surface area (Å²) in [6, 6.07) is -1.38. The van der Waals surface area contributed by atoms with Crippen molar-refractivity contribution in [2.24, 2.45) is 5.41 Å². The number of carbonyl (C=O) groups is 2. The van der Waals surface area contributed by atoms with Gasteiger partial charge in [0.05, 0.1) is 6.10 Å². The highest BCUT2D eigenvalue weighted by Gasteiger charge is 2.35. The van der Waals surface area contributed by atoms with Crippen LogP contribution in [0.2, 0.25) is 0 Å². The number of rotatable bonds is 5. The Morgan fingerprint density at radius 1 is 1.21 bits per heavy atom. The van der Waals surface area contributed by atoms with E-state index in [1.807, 2.05) is 4.72 Å². The van der Waals surface area contributed by atoms with Crippen LogP contribution in [-0.4, -0.2) is 37.7 Å². The van der Waals surface area contributed by atoms with Crippen LogP contribution < -0.4 is 9.44 Å². The van der Waals surface area contributed by atoms with Gasteiger partial charge in [-0.15, -0.1) is 0 Å². The van der Waals surface area contributed by atoms with Gasteiger partial charge in [-0.3, -0.25) is 4.79 Å². The predicted octanol–water partition coefficient (Wildman–Crippen LogP) is 0.455. The summed E-state index contributed by atoms with van der Waals surface area (Å²) >= 11 is 0. The minimum atomic E-state index is -4.31. The Bertz CT molecular complexity index is 437. The van der Waals surface area contributed by atoms with E-state index in [4.69, 9.17) is 5.11 Å². The van der Waals surface area contributed by atoms with E-state index in [9.17, 15) is 18.0 Å². The lowest BCUT2D eigenvalue weighted by Gasteiger charge is -2.27. The molecule has 0 aliphatic rings. The lowest BCUT2D eigenvalue weighted by atomic mass is 9.88. The van der Waals surface area contributed by atoms with Crippen molar-refractivity contribution in [1.29, 1.82) is 0 Å². The van der Waals surface area contributed by atoms with Crippen LogP contribution in [0.3, 0.4) is 0 Å². The third-order valence-electron chi connectivity index (χ3n) is 1.95. The van der Waals surface area contributed by atoms with Crippen molar-refractivity contribution in [2.75, 3.05) is 0 Å². The molecular weight excluding hydrogens is 276 g/mol. The molecular formula is C10H20N2O6S. The molecule has 0 heterocycles. The molecule has 3 N–H and O–H groups in total. The maximum absolute atomic E-state index is 11.6. The standard InChI is InChI=1S/C10H20N2O6S/c1-6(2)18-9(15)12-19(16,17)11-7(8(13)14)10(3,4)5/h6-7,11H,1-5H3,(H,12,15)(H,13,14)/t7-/m0/s1. The molecule has 0 aromatic carbocycles. The maximum Gasteiger partial charge on any atom is 0.422 e. The molecule has 8 nitrogen and oxygen atoms in total. The highest BCUT2D eigenvalue weighted by atomic mass is 32.2. The molecule has 0 rings (SSSR count). The zero-order valence-corrected chi connectivity index (χ0v) is 12.4. The first kappa shape index (κ1) is 17.6. The molecule has 0 aromatic heterocycles. The summed E-state index contributed by atoms with van der Waals surface area (Å²) in [5, 5.41) is 8.98. The Morgan fingerprint density at radius 2 is 1.68 bits per heavy atom. The highest BCUT2D eigenvalue weighted by Crippen LogP contribution is 2.19. The smallest absolute Gasteiger partial charge is 0.422 e. The Kier molecular flexibility index (Phi) is 5.76. The molecule has 9 heteroatoms. The first-order valence-electron chi connectivity index (χ1n) is 5.58. The maximum atomic E-state index is 11.6. The van der Waals surface area contributed by atoms with E-state index in [1.54, 1.807) is 39.3 Å². The number of carboxylic acids is 1. The first-order chi connectivity index (χ1) is 8.35. The zero-order chi connectivity index (χ0) is 15.4. The van der Waals surface area contributed by atoms with Gasteiger partial charge >= 0.3 is 22.3 Å². The average Bonchev–Trinajstić information content (AvgIpc) is 2.09. The summed E-state index contributed by atoms with van der Waals surface area (Å²) in [6.45, 7) is 7.77. The van der Waals surface area contributed by atoms with Gasteiger partial charge in [0.1, 0.15) is 6.04 Å². The second-order valence-electron chi connectivity index (χ2n) is 5.31. The largest absolute Gasteiger partial charge is 0.480 e. The van der Waals surface area contributed by atoms with Gasteiger partial charge < -0.3 is 9.84 Å². The van der Waals surface area contributed by atoms with Crippen molar-refractivity contribution >= 4 is 22.3 Å². The minimum absolute atomic E-state index is 0.493. The Hall–Kier alpha value is -1.35. The fraction of sp³-hybridized carbons (Fsp3) is 0.800. The molecule has 0 aromatic rings. The molecule has 0 aliphatic carbocycles. The van der Waals surface area contributed by atoms with E-state index < -0.39 is 39.8 Å². The van der Waals surface area contributed by atoms with Crippen LogP contribution in [0.25, 0.3) is 0 Å². The van der Waals surface area contributed by atoms with Gasteiger partial charge in [-0.1, -0.05) is 20.8 Å². The summed E-state index contributed by atoms with van der Waals surface area (Å²) in [6.07, 6.45) is -1.66. The Morgan fingerprint density at radius 3 is 2.00 bits per heavy atom. The van der Waals surface area contributed by atoms with Gasteiger partial charge in [0.25, 0.3) is 0 Å². The number of aliphatic carboxylic acids is 1. The molecule has 0 fully saturated rings. The number of nitrogens with one attached hydrogen (secondary N) is 2. The molecule has 0 aliphatic heterocycles. The van der Waals surface area contributed by atoms with Crippen molar-refractivity contribution in [3.8, 4) is 0 Å². The van der Waals surface area contributed by atoms with Gasteiger partial charge in [0.15, 0.2) is 0 Å². The van der Waals surface area contributed by atoms with Crippen molar-refractivity contribution < 1.29 is 27.9 Å². The van der Waals surface area contributed by atoms with Gasteiger partial charge in [0.2, 0.25) is 0 Å². The molecule has 112 valence electrons. The van der Waals surface area contributed by atoms with E-state index in [0.717, 1.165) is 0 Å². The van der Waals surface area contributed by atoms with E-state index in [1.165, 1.54) is 0 Å². The second-order valence-corrected chi connectivity index (χ2v) is 6.76. The van der Waals surface area contributed by atoms with E-state index in [2.05, 4.69) is 4.74 Å². The summed E-state index contributed by atoms with van der Waals surface area (Å²) in [7, 11) is -4.31. The van der Waals surface area contributed by atoms with Crippen molar-refractivity contribution in [3.63, 3.8) is 0 Å². The molecule has 0 bridgehead atoms. The molecule has 1 atom stereocenters. The van der Waals surface area contributed by atoms with Crippen LogP contribution in [0.4, 0.5) is 4.79 Å². The molecule has 0 spiro atoms. The number of hydrogen-bond acceptors (Lipinski definition) is 5. The summed E-state index contributed by atoms with van der Waals surface area (Å²) in [4.78, 5) is 22.2. The number of hydrogen-bond donors (Lipinski definition) is 3. The van der Waals surface area contributed by atoms with Crippen molar-refractivity contribution in [1.82, 2.24) is 9.44 Å². The monoisotopic (exact) mass is 296 g/mol. The molecule has 0 saturated heterocycles. The van der Waals surface area contributed by atoms with Gasteiger partial charge in [-0.05, 0) is 19.3 Å². The third kappa shape index (κ3) is 6.97. The van der Waals surface area contributed by atoms with Crippen LogP contribution in [0, 0.1) is 5.41 Å². The van der Waals surface area contributed by atoms with E-state index >= 15 is 0 Å². The van der Waals surface area contributed by atoms with E-state index in [0.29, 0.717) is 0 Å². The van der Waals surface area contributed by atoms with Crippen molar-refractivity contribution in [2.45, 2.75) is 46.8 Å². The van der Waals surface area contributed by atoms with Crippen molar-refractivity contribution in [3.05, 3.63) is 0 Å². The molecule has 19 heavy (non-hydrogen) atoms. The Balaban J connectivity index is 4.85. The fourth-order valence-corrected chi connectivity index (χ4v) is 2.22. The molecule has 0 unspecified atom stereocenters. The average molecular weight is 296 g/mol. The van der Waals surface area contributed by atoms with Gasteiger partial charge in [-0.2, -0.15) is 13.1 Å². The number of ether oxygens (including phenoxy) is 1. The van der Waals surface area contributed by atoms with Crippen LogP contribution in [0.5, 0.6) is 0 Å². The minimum Gasteiger partial charge on any atom is -0.480 e. The SMILES string of the molecule is CC(C)OC(=O)NS(=O)(=O)N[C@@H](C(=O)O)C(C)(C)C. The summed E-state index contributed by atoms with van der Waals surface area (Å²) in [5.74, 6) is -1.34. The van der Waals surface area contributed by atoms with Crippen LogP contribution in [-0.2, 0) is 19.7 Å². The molecule has 1 amide bonds. The number of amides is 1. The predicted molar refractivity (Wildman–Crippen MR) is 67.7 cm³/mol. The van der Waals surface area contributed by atoms with Crippen LogP contribution in [0.15, 0.2) is 0 Å². The summed E-state index contributed by atoms with van der Waals surface area (Å²) < 4.78 is 31.3. The van der Waals surface area contributed by atoms with Crippen LogP contribution >= 0.6 is 0 Å². The zero-order valence-electron chi connectivity index (χ0n) is 11.6.